The van der Waals surface area contributed by atoms with Crippen LogP contribution in [0, 0.1) is 0 Å². The fraction of sp³-hybridized carbons (Fsp3) is 0.167. The molecule has 178 valence electrons. The quantitative estimate of drug-likeness (QED) is 0.244. The Hall–Kier alpha value is -3.04. The van der Waals surface area contributed by atoms with Gasteiger partial charge >= 0.3 is 6.18 Å². The van der Waals surface area contributed by atoms with Gasteiger partial charge in [-0.15, -0.1) is 0 Å². The first-order valence-electron chi connectivity index (χ1n) is 10.0. The summed E-state index contributed by atoms with van der Waals surface area (Å²) < 4.78 is 50.7. The third-order valence-corrected chi connectivity index (χ3v) is 5.43. The van der Waals surface area contributed by atoms with Crippen molar-refractivity contribution >= 4 is 39.7 Å². The van der Waals surface area contributed by atoms with Gasteiger partial charge in [-0.3, -0.25) is 4.79 Å². The lowest BCUT2D eigenvalue weighted by atomic mass is 10.1. The van der Waals surface area contributed by atoms with Crippen LogP contribution in [0.25, 0.3) is 0 Å². The summed E-state index contributed by atoms with van der Waals surface area (Å²) in [5.74, 6) is 0.186. The molecule has 0 bridgehead atoms. The average Bonchev–Trinajstić information content (AvgIpc) is 2.80. The van der Waals surface area contributed by atoms with E-state index in [4.69, 9.17) is 21.1 Å². The lowest BCUT2D eigenvalue weighted by Gasteiger charge is -2.14. The van der Waals surface area contributed by atoms with E-state index >= 15 is 0 Å². The first-order valence-corrected chi connectivity index (χ1v) is 11.2. The van der Waals surface area contributed by atoms with Crippen molar-refractivity contribution in [1.82, 2.24) is 5.43 Å². The molecule has 0 spiro atoms. The number of nitrogens with zero attached hydrogens (tertiary/aromatic N) is 1. The van der Waals surface area contributed by atoms with Crippen LogP contribution in [0.3, 0.4) is 0 Å². The van der Waals surface area contributed by atoms with Crippen molar-refractivity contribution in [1.29, 1.82) is 0 Å². The van der Waals surface area contributed by atoms with E-state index in [1.165, 1.54) is 12.3 Å². The third-order valence-electron chi connectivity index (χ3n) is 4.49. The molecule has 1 N–H and O–H groups in total. The van der Waals surface area contributed by atoms with Gasteiger partial charge in [-0.1, -0.05) is 29.8 Å². The Labute approximate surface area is 207 Å². The highest BCUT2D eigenvalue weighted by Gasteiger charge is 2.30. The molecule has 3 rings (SSSR count). The van der Waals surface area contributed by atoms with Crippen molar-refractivity contribution in [2.75, 3.05) is 6.61 Å². The zero-order chi connectivity index (χ0) is 24.7. The molecule has 0 saturated heterocycles. The zero-order valence-electron chi connectivity index (χ0n) is 17.8. The minimum atomic E-state index is -4.54. The molecule has 0 heterocycles. The minimum Gasteiger partial charge on any atom is -0.490 e. The number of hydrazone groups is 1. The fourth-order valence-corrected chi connectivity index (χ4v) is 3.39. The van der Waals surface area contributed by atoms with E-state index in [0.29, 0.717) is 39.8 Å². The van der Waals surface area contributed by atoms with Crippen LogP contribution in [-0.4, -0.2) is 18.7 Å². The van der Waals surface area contributed by atoms with Gasteiger partial charge in [-0.25, -0.2) is 5.43 Å². The minimum absolute atomic E-state index is 0.160. The van der Waals surface area contributed by atoms with E-state index < -0.39 is 17.6 Å². The van der Waals surface area contributed by atoms with Crippen molar-refractivity contribution in [2.45, 2.75) is 19.7 Å². The second kappa shape index (κ2) is 11.4. The fourth-order valence-electron chi connectivity index (χ4n) is 2.83. The average molecular weight is 556 g/mol. The van der Waals surface area contributed by atoms with Crippen molar-refractivity contribution in [3.05, 3.63) is 92.4 Å². The van der Waals surface area contributed by atoms with Gasteiger partial charge in [-0.2, -0.15) is 18.3 Å². The van der Waals surface area contributed by atoms with E-state index in [2.05, 4.69) is 26.5 Å². The highest BCUT2D eigenvalue weighted by Crippen LogP contribution is 2.34. The molecular weight excluding hydrogens is 537 g/mol. The number of hydrogen-bond acceptors (Lipinski definition) is 4. The Kier molecular flexibility index (Phi) is 8.57. The molecule has 0 saturated carbocycles. The second-order valence-electron chi connectivity index (χ2n) is 6.95. The van der Waals surface area contributed by atoms with Crippen molar-refractivity contribution in [2.24, 2.45) is 5.10 Å². The highest BCUT2D eigenvalue weighted by molar-refractivity contribution is 9.10. The molecule has 0 unspecified atom stereocenters. The maximum Gasteiger partial charge on any atom is 0.416 e. The number of halogens is 5. The van der Waals surface area contributed by atoms with Gasteiger partial charge in [0.25, 0.3) is 5.91 Å². The Morgan fingerprint density at radius 1 is 1.09 bits per heavy atom. The molecule has 10 heteroatoms. The van der Waals surface area contributed by atoms with Crippen LogP contribution in [0.2, 0.25) is 5.02 Å². The van der Waals surface area contributed by atoms with Gasteiger partial charge in [-0.05, 0) is 70.9 Å². The summed E-state index contributed by atoms with van der Waals surface area (Å²) >= 11 is 9.33. The highest BCUT2D eigenvalue weighted by atomic mass is 79.9. The van der Waals surface area contributed by atoms with Gasteiger partial charge in [0.1, 0.15) is 6.61 Å². The predicted octanol–water partition coefficient (Wildman–Crippen LogP) is 6.86. The largest absolute Gasteiger partial charge is 0.490 e. The Morgan fingerprint density at radius 2 is 1.79 bits per heavy atom. The van der Waals surface area contributed by atoms with E-state index in [0.717, 1.165) is 23.8 Å². The molecular formula is C24H19BrClF3N2O3. The number of rotatable bonds is 8. The smallest absolute Gasteiger partial charge is 0.416 e. The predicted molar refractivity (Wildman–Crippen MR) is 128 cm³/mol. The van der Waals surface area contributed by atoms with Gasteiger partial charge in [0, 0.05) is 20.6 Å². The molecule has 0 fully saturated rings. The van der Waals surface area contributed by atoms with Gasteiger partial charge in [0.2, 0.25) is 0 Å². The molecule has 0 radical (unpaired) electrons. The van der Waals surface area contributed by atoms with Crippen LogP contribution in [0.5, 0.6) is 11.5 Å². The summed E-state index contributed by atoms with van der Waals surface area (Å²) in [4.78, 5) is 12.2. The summed E-state index contributed by atoms with van der Waals surface area (Å²) in [6, 6.07) is 14.7. The molecule has 0 aliphatic carbocycles. The lowest BCUT2D eigenvalue weighted by molar-refractivity contribution is -0.137. The summed E-state index contributed by atoms with van der Waals surface area (Å²) in [7, 11) is 0. The number of carbonyl (C=O) groups excluding carboxylic acids is 1. The summed E-state index contributed by atoms with van der Waals surface area (Å²) in [6.07, 6.45) is -3.20. The van der Waals surface area contributed by atoms with Gasteiger partial charge < -0.3 is 9.47 Å². The second-order valence-corrected chi connectivity index (χ2v) is 8.24. The SMILES string of the molecule is CCOc1cc(/C=N\NC(=O)c2cccc(C(F)(F)F)c2)c(Br)cc1OCc1ccc(Cl)cc1. The summed E-state index contributed by atoms with van der Waals surface area (Å²) in [6.45, 7) is 2.51. The Bertz CT molecular complexity index is 1190. The first kappa shape index (κ1) is 25.6. The van der Waals surface area contributed by atoms with E-state index in [1.807, 2.05) is 19.1 Å². The number of hydrogen-bond donors (Lipinski definition) is 1. The van der Waals surface area contributed by atoms with Crippen LogP contribution >= 0.6 is 27.5 Å². The molecule has 5 nitrogen and oxygen atoms in total. The normalized spacial score (nSPS) is 11.5. The number of nitrogens with one attached hydrogen (secondary N) is 1. The van der Waals surface area contributed by atoms with E-state index in [9.17, 15) is 18.0 Å². The standard InChI is InChI=1S/C24H19BrClF3N2O3/c1-2-33-21-11-17(20(25)12-22(21)34-14-15-6-8-19(26)9-7-15)13-30-31-23(32)16-4-3-5-18(10-16)24(27,28)29/h3-13H,2,14H2,1H3,(H,31,32)/b30-13-. The van der Waals surface area contributed by atoms with Gasteiger partial charge in [0.15, 0.2) is 11.5 Å². The number of carbonyl (C=O) groups is 1. The number of benzene rings is 3. The molecule has 0 aliphatic heterocycles. The number of ether oxygens (including phenoxy) is 2. The Balaban J connectivity index is 1.72. The van der Waals surface area contributed by atoms with Crippen LogP contribution < -0.4 is 14.9 Å². The third kappa shape index (κ3) is 6.98. The monoisotopic (exact) mass is 554 g/mol. The van der Waals surface area contributed by atoms with Crippen molar-refractivity contribution in [3.8, 4) is 11.5 Å². The van der Waals surface area contributed by atoms with E-state index in [1.54, 1.807) is 24.3 Å². The molecule has 3 aromatic rings. The number of amides is 1. The number of alkyl halides is 3. The van der Waals surface area contributed by atoms with E-state index in [-0.39, 0.29) is 5.56 Å². The Morgan fingerprint density at radius 3 is 2.47 bits per heavy atom. The van der Waals surface area contributed by atoms with Crippen molar-refractivity contribution in [3.63, 3.8) is 0 Å². The molecule has 3 aromatic carbocycles. The van der Waals surface area contributed by atoms with Crippen LogP contribution in [-0.2, 0) is 12.8 Å². The lowest BCUT2D eigenvalue weighted by Crippen LogP contribution is -2.18. The van der Waals surface area contributed by atoms with Crippen LogP contribution in [0.4, 0.5) is 13.2 Å². The summed E-state index contributed by atoms with van der Waals surface area (Å²) in [5, 5.41) is 4.49. The zero-order valence-corrected chi connectivity index (χ0v) is 20.2. The molecule has 1 amide bonds. The topological polar surface area (TPSA) is 59.9 Å². The first-order chi connectivity index (χ1) is 16.2. The maximum atomic E-state index is 12.9. The molecule has 34 heavy (non-hydrogen) atoms. The summed E-state index contributed by atoms with van der Waals surface area (Å²) in [5.41, 5.74) is 2.64. The molecule has 0 atom stereocenters. The van der Waals surface area contributed by atoms with Crippen LogP contribution in [0.1, 0.15) is 34.0 Å². The maximum absolute atomic E-state index is 12.9. The van der Waals surface area contributed by atoms with Gasteiger partial charge in [0.05, 0.1) is 18.4 Å². The molecule has 0 aliphatic rings. The van der Waals surface area contributed by atoms with Crippen LogP contribution in [0.15, 0.2) is 70.2 Å². The molecule has 0 aromatic heterocycles. The van der Waals surface area contributed by atoms with Crippen molar-refractivity contribution < 1.29 is 27.4 Å².